The topological polar surface area (TPSA) is 161 Å². The van der Waals surface area contributed by atoms with Crippen molar-refractivity contribution in [2.45, 2.75) is 65.5 Å². The van der Waals surface area contributed by atoms with Gasteiger partial charge >= 0.3 is 19.8 Å². The van der Waals surface area contributed by atoms with E-state index < -0.39 is 61.7 Å². The SMILES string of the molecule is CC.CC1(C)OB(c2ccc(C=O)c(OC(F)(F)F)c2)OC1(C)C.CO.Cn1cc(-c2ccc(C=O)c(OC(F)(F)F)c2)c2ccncc2c1=O.Cn1cc(Br)c2ccncc2c1=O.[B-][B]B([B-])[B-].[B]B([B-])[B][B-].[B]B([B])[B][B-]. The van der Waals surface area contributed by atoms with Crippen LogP contribution >= 0.6 is 15.9 Å². The average Bonchev–Trinajstić information content (AvgIpc) is 3.64. The summed E-state index contributed by atoms with van der Waals surface area (Å²) < 4.78 is 98.1. The number of fused-ring (bicyclic) bond motifs is 2. The molecule has 79 heavy (non-hydrogen) atoms. The van der Waals surface area contributed by atoms with Gasteiger partial charge in [-0.1, -0.05) is 26.0 Å². The molecule has 0 aliphatic carbocycles. The van der Waals surface area contributed by atoms with Crippen molar-refractivity contribution in [1.82, 2.24) is 19.1 Å². The summed E-state index contributed by atoms with van der Waals surface area (Å²) in [5.41, 5.74) is -0.717. The third kappa shape index (κ3) is 24.8. The van der Waals surface area contributed by atoms with E-state index in [0.717, 1.165) is 29.1 Å². The van der Waals surface area contributed by atoms with Crippen molar-refractivity contribution < 1.29 is 59.8 Å². The molecule has 1 saturated heterocycles. The number of carbonyl (C=O) groups is 2. The first-order chi connectivity index (χ1) is 36.8. The van der Waals surface area contributed by atoms with E-state index in [1.807, 2.05) is 47.6 Å². The molecule has 7 rings (SSSR count). The van der Waals surface area contributed by atoms with E-state index in [1.54, 1.807) is 31.7 Å². The maximum atomic E-state index is 12.6. The molecule has 6 aromatic rings. The smallest absolute Gasteiger partial charge is 0.573 e. The number of alkyl halides is 6. The van der Waals surface area contributed by atoms with Gasteiger partial charge in [0.05, 0.1) is 33.1 Å². The van der Waals surface area contributed by atoms with Gasteiger partial charge in [-0.2, -0.15) is 0 Å². The zero-order chi connectivity index (χ0) is 61.2. The Labute approximate surface area is 480 Å². The molecule has 0 bridgehead atoms. The maximum Gasteiger partial charge on any atom is 0.573 e. The molecule has 0 spiro atoms. The Balaban J connectivity index is 0.00000102. The first-order valence-corrected chi connectivity index (χ1v) is 23.8. The number of hydrogen-bond acceptors (Lipinski definition) is 11. The fourth-order valence-electron chi connectivity index (χ4n) is 5.80. The van der Waals surface area contributed by atoms with E-state index in [-0.39, 0.29) is 28.5 Å². The molecule has 0 saturated carbocycles. The molecule has 36 heteroatoms. The third-order valence-electron chi connectivity index (χ3n) is 10.2. The van der Waals surface area contributed by atoms with Gasteiger partial charge in [0.15, 0.2) is 12.6 Å². The minimum absolute atomic E-state index is 0.0219. The van der Waals surface area contributed by atoms with Gasteiger partial charge < -0.3 is 100.0 Å². The van der Waals surface area contributed by atoms with Crippen molar-refractivity contribution in [2.24, 2.45) is 14.1 Å². The Hall–Kier alpha value is -4.92. The monoisotopic (exact) mass is 1130 g/mol. The number of aliphatic hydroxyl groups excluding tert-OH is 1. The molecule has 27 radical (unpaired) electrons. The predicted octanol–water partition coefficient (Wildman–Crippen LogP) is 2.63. The second kappa shape index (κ2) is 35.0. The van der Waals surface area contributed by atoms with Gasteiger partial charge in [0, 0.05) is 73.8 Å². The molecule has 13 nitrogen and oxygen atoms in total. The molecule has 2 aromatic carbocycles. The van der Waals surface area contributed by atoms with Crippen LogP contribution in [0.3, 0.4) is 0 Å². The summed E-state index contributed by atoms with van der Waals surface area (Å²) in [5, 5.41) is 9.41. The Bertz CT molecular complexity index is 2930. The second-order valence-electron chi connectivity index (χ2n) is 16.5. The summed E-state index contributed by atoms with van der Waals surface area (Å²) in [7, 11) is 50.8. The van der Waals surface area contributed by atoms with Crippen molar-refractivity contribution >= 4 is 173 Å². The van der Waals surface area contributed by atoms with Gasteiger partial charge in [-0.3, -0.25) is 42.6 Å². The van der Waals surface area contributed by atoms with Crippen LogP contribution in [0.15, 0.2) is 99.8 Å². The third-order valence-corrected chi connectivity index (χ3v) is 10.8. The van der Waals surface area contributed by atoms with Crippen molar-refractivity contribution in [3.05, 3.63) is 122 Å². The quantitative estimate of drug-likeness (QED) is 0.129. The van der Waals surface area contributed by atoms with E-state index in [9.17, 15) is 45.5 Å². The molecule has 4 aromatic heterocycles. The first kappa shape index (κ1) is 74.1. The lowest BCUT2D eigenvalue weighted by molar-refractivity contribution is -0.275. The number of rotatable bonds is 9. The van der Waals surface area contributed by atoms with Gasteiger partial charge in [-0.15, -0.1) is 26.3 Å². The summed E-state index contributed by atoms with van der Waals surface area (Å²) >= 11 is 3.39. The highest BCUT2D eigenvalue weighted by Gasteiger charge is 2.52. The van der Waals surface area contributed by atoms with Crippen LogP contribution in [0.25, 0.3) is 32.7 Å². The molecule has 1 aliphatic rings. The highest BCUT2D eigenvalue weighted by atomic mass is 79.9. The highest BCUT2D eigenvalue weighted by molar-refractivity contribution is 9.10. The zero-order valence-electron chi connectivity index (χ0n) is 44.6. The Kier molecular flexibility index (Phi) is 32.9. The second-order valence-corrected chi connectivity index (χ2v) is 17.3. The lowest BCUT2D eigenvalue weighted by Gasteiger charge is -2.39. The molecule has 393 valence electrons. The average molecular weight is 1130 g/mol. The summed E-state index contributed by atoms with van der Waals surface area (Å²) in [5.74, 6) is -1.18. The number of nitrogens with zero attached hydrogens (tertiary/aromatic N) is 4. The van der Waals surface area contributed by atoms with Gasteiger partial charge in [0.25, 0.3) is 11.1 Å². The molecule has 5 heterocycles. The minimum atomic E-state index is -4.92. The number of pyridine rings is 4. The van der Waals surface area contributed by atoms with E-state index in [4.69, 9.17) is 84.0 Å². The summed E-state index contributed by atoms with van der Waals surface area (Å²) in [6.07, 6.45) is -1.20. The number of carbonyl (C=O) groups excluding carboxylic acids is 2. The number of aryl methyl sites for hydroxylation is 2. The summed E-state index contributed by atoms with van der Waals surface area (Å²) in [4.78, 5) is 53.4. The molecule has 0 unspecified atom stereocenters. The van der Waals surface area contributed by atoms with Crippen LogP contribution in [0.1, 0.15) is 62.3 Å². The van der Waals surface area contributed by atoms with E-state index >= 15 is 0 Å². The van der Waals surface area contributed by atoms with Crippen LogP contribution in [-0.4, -0.2) is 185 Å². The number of aldehydes is 2. The molecular weight excluding hydrogens is 1080 g/mol. The van der Waals surface area contributed by atoms with E-state index in [1.165, 1.54) is 80.2 Å². The van der Waals surface area contributed by atoms with Crippen LogP contribution < -0.4 is 26.1 Å². The molecule has 1 N–H and O–H groups in total. The summed E-state index contributed by atoms with van der Waals surface area (Å²) in [6.45, 7) is 11.3. The number of aromatic nitrogens is 4. The van der Waals surface area contributed by atoms with Crippen LogP contribution in [-0.2, 0) is 23.4 Å². The van der Waals surface area contributed by atoms with Crippen molar-refractivity contribution in [1.29, 1.82) is 0 Å². The van der Waals surface area contributed by atoms with Crippen LogP contribution in [0.2, 0.25) is 0 Å². The van der Waals surface area contributed by atoms with Crippen LogP contribution in [0.5, 0.6) is 11.5 Å². The highest BCUT2D eigenvalue weighted by Crippen LogP contribution is 2.37. The fourth-order valence-corrected chi connectivity index (χ4v) is 6.46. The van der Waals surface area contributed by atoms with Crippen LogP contribution in [0, 0.1) is 0 Å². The van der Waals surface area contributed by atoms with Gasteiger partial charge in [-0.25, -0.2) is 0 Å². The molecule has 0 amide bonds. The molecule has 1 fully saturated rings. The summed E-state index contributed by atoms with van der Waals surface area (Å²) in [6, 6.07) is 11.1. The Morgan fingerprint density at radius 3 is 1.48 bits per heavy atom. The normalized spacial score (nSPS) is 12.4. The number of aliphatic hydroxyl groups is 1. The lowest BCUT2D eigenvalue weighted by atomic mass is 8.97. The van der Waals surface area contributed by atoms with E-state index in [0.29, 0.717) is 39.0 Å². The zero-order valence-corrected chi connectivity index (χ0v) is 46.2. The number of benzene rings is 2. The predicted molar refractivity (Wildman–Crippen MR) is 319 cm³/mol. The fraction of sp³-hybridized carbons (Fsp3) is 0.302. The van der Waals surface area contributed by atoms with Crippen molar-refractivity contribution in [2.75, 3.05) is 7.11 Å². The van der Waals surface area contributed by atoms with Crippen LogP contribution in [0.4, 0.5) is 26.3 Å². The van der Waals surface area contributed by atoms with Crippen molar-refractivity contribution in [3.8, 4) is 22.6 Å². The minimum Gasteiger partial charge on any atom is -0.732 e. The standard InChI is InChI=1S/C17H11F3N2O3.C14H16BF3O4.C9H7BrN2O.C2H6.CH4O.3B5/c1-22-8-14(12-4-5-21-7-13(12)16(22)24)10-2-3-11(9-23)15(6-10)25-17(18,19)20;1-12(2)13(3,4)22-15(21-12)10-6-5-9(8-19)11(7-10)20-14(16,17)18;1-12-5-8(10)6-2-3-11-4-7(6)9(12)13;2*1-2;3*1-4-5(2)3/h2-9H,1H3;5-8H,1-4H3;2-5H,1H3;1-2H3;2H,1H3;;;/q;;;;;-3;-2;-1. The lowest BCUT2D eigenvalue weighted by Crippen LogP contribution is -2.41. The van der Waals surface area contributed by atoms with E-state index in [2.05, 4.69) is 35.4 Å². The number of halogens is 7. The number of hydrogen-bond donors (Lipinski definition) is 1. The molecular formula is C43H44B16BrF6N4O9-6. The molecule has 0 atom stereocenters. The van der Waals surface area contributed by atoms with Gasteiger partial charge in [0.1, 0.15) is 11.5 Å². The van der Waals surface area contributed by atoms with Gasteiger partial charge in [-0.05, 0) is 126 Å². The van der Waals surface area contributed by atoms with Gasteiger partial charge in [0.2, 0.25) is 0 Å². The largest absolute Gasteiger partial charge is 0.732 e. The molecule has 1 aliphatic heterocycles. The first-order valence-electron chi connectivity index (χ1n) is 23.0. The Morgan fingerprint density at radius 1 is 0.696 bits per heavy atom. The Morgan fingerprint density at radius 2 is 1.09 bits per heavy atom. The van der Waals surface area contributed by atoms with Crippen molar-refractivity contribution in [3.63, 3.8) is 0 Å². The maximum absolute atomic E-state index is 12.6. The number of ether oxygens (including phenoxy) is 2.